The third-order valence-corrected chi connectivity index (χ3v) is 4.27. The first-order valence-corrected chi connectivity index (χ1v) is 8.07. The minimum atomic E-state index is -0.380. The average Bonchev–Trinajstić information content (AvgIpc) is 2.62. The molecule has 3 rings (SSSR count). The first kappa shape index (κ1) is 17.0. The average molecular weight is 354 g/mol. The van der Waals surface area contributed by atoms with Crippen LogP contribution in [0.5, 0.6) is 5.75 Å². The molecule has 0 unspecified atom stereocenters. The van der Waals surface area contributed by atoms with Crippen molar-refractivity contribution in [1.29, 1.82) is 0 Å². The number of halogens is 1. The van der Waals surface area contributed by atoms with Crippen molar-refractivity contribution in [3.05, 3.63) is 81.6 Å². The number of pyridine rings is 1. The number of rotatable bonds is 4. The van der Waals surface area contributed by atoms with E-state index in [0.717, 1.165) is 0 Å². The van der Waals surface area contributed by atoms with Crippen LogP contribution < -0.4 is 10.3 Å². The third-order valence-electron chi connectivity index (χ3n) is 3.94. The van der Waals surface area contributed by atoms with Gasteiger partial charge >= 0.3 is 0 Å². The van der Waals surface area contributed by atoms with Crippen LogP contribution in [-0.2, 0) is 0 Å². The summed E-state index contributed by atoms with van der Waals surface area (Å²) in [6.45, 7) is 1.38. The zero-order valence-corrected chi connectivity index (χ0v) is 14.6. The van der Waals surface area contributed by atoms with Crippen molar-refractivity contribution < 1.29 is 9.53 Å². The van der Waals surface area contributed by atoms with E-state index in [9.17, 15) is 9.59 Å². The Hall–Kier alpha value is -2.85. The first-order valence-electron chi connectivity index (χ1n) is 7.69. The summed E-state index contributed by atoms with van der Waals surface area (Å²) >= 11 is 6.32. The van der Waals surface area contributed by atoms with Gasteiger partial charge in [-0.2, -0.15) is 0 Å². The van der Waals surface area contributed by atoms with Crippen molar-refractivity contribution in [2.75, 3.05) is 7.11 Å². The molecule has 0 aliphatic carbocycles. The Morgan fingerprint density at radius 3 is 2.28 bits per heavy atom. The van der Waals surface area contributed by atoms with Gasteiger partial charge in [0.15, 0.2) is 5.78 Å². The van der Waals surface area contributed by atoms with Crippen molar-refractivity contribution in [3.63, 3.8) is 0 Å². The number of methoxy groups -OCH3 is 1. The summed E-state index contributed by atoms with van der Waals surface area (Å²) in [4.78, 5) is 24.7. The fourth-order valence-corrected chi connectivity index (χ4v) is 2.91. The van der Waals surface area contributed by atoms with Crippen LogP contribution in [0.15, 0.2) is 65.5 Å². The molecule has 126 valence electrons. The van der Waals surface area contributed by atoms with E-state index in [1.54, 1.807) is 49.6 Å². The number of hydrogen-bond acceptors (Lipinski definition) is 3. The smallest absolute Gasteiger partial charge is 0.266 e. The molecule has 0 spiro atoms. The second-order valence-corrected chi connectivity index (χ2v) is 5.91. The second-order valence-electron chi connectivity index (χ2n) is 5.51. The lowest BCUT2D eigenvalue weighted by molar-refractivity contribution is 0.101. The Morgan fingerprint density at radius 1 is 1.00 bits per heavy atom. The van der Waals surface area contributed by atoms with Gasteiger partial charge in [-0.1, -0.05) is 29.8 Å². The third kappa shape index (κ3) is 3.21. The Kier molecular flexibility index (Phi) is 4.72. The number of carbonyl (C=O) groups excluding carboxylic acids is 1. The number of aromatic nitrogens is 1. The predicted octanol–water partition coefficient (Wildman–Crippen LogP) is 4.37. The number of ether oxygens (including phenoxy) is 1. The topological polar surface area (TPSA) is 48.3 Å². The number of ketones is 1. The standard InChI is InChI=1S/C20H16ClNO3/c1-13(23)16-11-12-19(17-5-3-4-6-18(17)21)22(20(16)24)14-7-9-15(25-2)10-8-14/h3-12H,1-2H3. The molecule has 4 nitrogen and oxygen atoms in total. The molecular formula is C20H16ClNO3. The highest BCUT2D eigenvalue weighted by atomic mass is 35.5. The molecule has 5 heteroatoms. The van der Waals surface area contributed by atoms with Crippen molar-refractivity contribution in [3.8, 4) is 22.7 Å². The summed E-state index contributed by atoms with van der Waals surface area (Å²) < 4.78 is 6.67. The van der Waals surface area contributed by atoms with Gasteiger partial charge in [0.1, 0.15) is 5.75 Å². The summed E-state index contributed by atoms with van der Waals surface area (Å²) in [6, 6.07) is 17.6. The van der Waals surface area contributed by atoms with Gasteiger partial charge in [0.05, 0.1) is 18.4 Å². The molecule has 0 N–H and O–H groups in total. The maximum Gasteiger partial charge on any atom is 0.266 e. The summed E-state index contributed by atoms with van der Waals surface area (Å²) in [7, 11) is 1.58. The largest absolute Gasteiger partial charge is 0.497 e. The van der Waals surface area contributed by atoms with Gasteiger partial charge in [0.2, 0.25) is 0 Å². The Labute approximate surface area is 150 Å². The number of hydrogen-bond donors (Lipinski definition) is 0. The van der Waals surface area contributed by atoms with E-state index in [-0.39, 0.29) is 16.9 Å². The van der Waals surface area contributed by atoms with Gasteiger partial charge in [-0.25, -0.2) is 0 Å². The number of carbonyl (C=O) groups is 1. The molecule has 0 atom stereocenters. The number of Topliss-reactive ketones (excluding diaryl/α,β-unsaturated/α-hetero) is 1. The van der Waals surface area contributed by atoms with Gasteiger partial charge in [0.25, 0.3) is 5.56 Å². The molecule has 0 amide bonds. The molecule has 0 bridgehead atoms. The lowest BCUT2D eigenvalue weighted by atomic mass is 10.1. The molecule has 0 saturated carbocycles. The molecule has 0 aliphatic rings. The molecule has 1 aromatic heterocycles. The molecule has 25 heavy (non-hydrogen) atoms. The molecular weight excluding hydrogens is 338 g/mol. The SMILES string of the molecule is COc1ccc(-n2c(-c3ccccc3Cl)ccc(C(C)=O)c2=O)cc1. The molecule has 0 aliphatic heterocycles. The highest BCUT2D eigenvalue weighted by molar-refractivity contribution is 6.33. The molecule has 1 heterocycles. The quantitative estimate of drug-likeness (QED) is 0.654. The van der Waals surface area contributed by atoms with E-state index < -0.39 is 0 Å². The maximum atomic E-state index is 12.9. The van der Waals surface area contributed by atoms with Crippen LogP contribution in [-0.4, -0.2) is 17.5 Å². The van der Waals surface area contributed by atoms with Crippen LogP contribution in [0.25, 0.3) is 16.9 Å². The van der Waals surface area contributed by atoms with Crippen LogP contribution in [0.1, 0.15) is 17.3 Å². The number of nitrogens with zero attached hydrogens (tertiary/aromatic N) is 1. The Morgan fingerprint density at radius 2 is 1.68 bits per heavy atom. The molecule has 3 aromatic rings. The summed E-state index contributed by atoms with van der Waals surface area (Å²) in [5.41, 5.74) is 1.71. The highest BCUT2D eigenvalue weighted by Crippen LogP contribution is 2.29. The number of benzene rings is 2. The minimum absolute atomic E-state index is 0.131. The van der Waals surface area contributed by atoms with Crippen LogP contribution in [0.4, 0.5) is 0 Å². The molecule has 0 saturated heterocycles. The monoisotopic (exact) mass is 353 g/mol. The highest BCUT2D eigenvalue weighted by Gasteiger charge is 2.16. The van der Waals surface area contributed by atoms with Crippen molar-refractivity contribution >= 4 is 17.4 Å². The summed E-state index contributed by atoms with van der Waals surface area (Å²) in [6.07, 6.45) is 0. The fourth-order valence-electron chi connectivity index (χ4n) is 2.67. The second kappa shape index (κ2) is 6.95. The fraction of sp³-hybridized carbons (Fsp3) is 0.100. The Bertz CT molecular complexity index is 991. The van der Waals surface area contributed by atoms with Gasteiger partial charge in [0, 0.05) is 16.3 Å². The molecule has 0 radical (unpaired) electrons. The summed E-state index contributed by atoms with van der Waals surface area (Å²) in [5.74, 6) is 0.400. The van der Waals surface area contributed by atoms with Crippen LogP contribution in [0, 0.1) is 0 Å². The van der Waals surface area contributed by atoms with E-state index in [2.05, 4.69) is 0 Å². The van der Waals surface area contributed by atoms with Gasteiger partial charge in [-0.05, 0) is 49.4 Å². The predicted molar refractivity (Wildman–Crippen MR) is 99.0 cm³/mol. The lowest BCUT2D eigenvalue weighted by Crippen LogP contribution is -2.25. The van der Waals surface area contributed by atoms with Crippen LogP contribution in [0.3, 0.4) is 0 Å². The minimum Gasteiger partial charge on any atom is -0.497 e. The Balaban J connectivity index is 2.32. The van der Waals surface area contributed by atoms with Crippen molar-refractivity contribution in [2.24, 2.45) is 0 Å². The summed E-state index contributed by atoms with van der Waals surface area (Å²) in [5, 5.41) is 0.528. The van der Waals surface area contributed by atoms with Crippen LogP contribution >= 0.6 is 11.6 Å². The zero-order chi connectivity index (χ0) is 18.0. The van der Waals surface area contributed by atoms with E-state index in [0.29, 0.717) is 27.7 Å². The van der Waals surface area contributed by atoms with Crippen molar-refractivity contribution in [2.45, 2.75) is 6.92 Å². The van der Waals surface area contributed by atoms with Crippen molar-refractivity contribution in [1.82, 2.24) is 4.57 Å². The molecule has 0 fully saturated rings. The van der Waals surface area contributed by atoms with E-state index in [1.807, 2.05) is 18.2 Å². The normalized spacial score (nSPS) is 10.5. The van der Waals surface area contributed by atoms with Crippen LogP contribution in [0.2, 0.25) is 5.02 Å². The van der Waals surface area contributed by atoms with E-state index >= 15 is 0 Å². The van der Waals surface area contributed by atoms with Gasteiger partial charge in [-0.15, -0.1) is 0 Å². The van der Waals surface area contributed by atoms with E-state index in [1.165, 1.54) is 11.5 Å². The molecule has 2 aromatic carbocycles. The first-order chi connectivity index (χ1) is 12.0. The maximum absolute atomic E-state index is 12.9. The van der Waals surface area contributed by atoms with Gasteiger partial charge in [-0.3, -0.25) is 14.2 Å². The zero-order valence-electron chi connectivity index (χ0n) is 13.8. The lowest BCUT2D eigenvalue weighted by Gasteiger charge is -2.15. The van der Waals surface area contributed by atoms with E-state index in [4.69, 9.17) is 16.3 Å². The van der Waals surface area contributed by atoms with Gasteiger partial charge < -0.3 is 4.74 Å².